The number of methoxy groups -OCH3 is 1. The molecular weight excluding hydrogens is 348 g/mol. The van der Waals surface area contributed by atoms with Crippen LogP contribution in [0, 0.1) is 4.77 Å². The zero-order valence-electron chi connectivity index (χ0n) is 11.8. The number of hydrogen-bond acceptors (Lipinski definition) is 2. The van der Waals surface area contributed by atoms with Gasteiger partial charge in [0.2, 0.25) is 0 Å². The molecule has 0 saturated heterocycles. The molecule has 0 aliphatic heterocycles. The first-order valence-corrected chi connectivity index (χ1v) is 7.84. The van der Waals surface area contributed by atoms with Gasteiger partial charge in [0.25, 0.3) is 0 Å². The van der Waals surface area contributed by atoms with Crippen LogP contribution >= 0.6 is 28.1 Å². The largest absolute Gasteiger partial charge is 0.497 e. The molecule has 0 bridgehead atoms. The van der Waals surface area contributed by atoms with Crippen LogP contribution in [0.3, 0.4) is 0 Å². The average molecular weight is 363 g/mol. The number of benzene rings is 2. The van der Waals surface area contributed by atoms with Gasteiger partial charge in [-0.1, -0.05) is 28.1 Å². The van der Waals surface area contributed by atoms with E-state index in [4.69, 9.17) is 17.0 Å². The molecule has 0 saturated carbocycles. The SMILES string of the molecule is COc1ccc2c(c1)[nH]c(=S)n2C(C)c1ccc(Br)cc1. The number of nitrogens with one attached hydrogen (secondary N) is 1. The van der Waals surface area contributed by atoms with Crippen molar-refractivity contribution in [2.45, 2.75) is 13.0 Å². The molecule has 1 N–H and O–H groups in total. The highest BCUT2D eigenvalue weighted by Crippen LogP contribution is 2.27. The van der Waals surface area contributed by atoms with Crippen molar-refractivity contribution in [2.24, 2.45) is 0 Å². The molecule has 3 rings (SSSR count). The van der Waals surface area contributed by atoms with Crippen molar-refractivity contribution < 1.29 is 4.74 Å². The lowest BCUT2D eigenvalue weighted by atomic mass is 10.1. The van der Waals surface area contributed by atoms with E-state index in [0.717, 1.165) is 21.3 Å². The highest BCUT2D eigenvalue weighted by Gasteiger charge is 2.13. The number of fused-ring (bicyclic) bond motifs is 1. The Morgan fingerprint density at radius 2 is 1.90 bits per heavy atom. The van der Waals surface area contributed by atoms with Gasteiger partial charge >= 0.3 is 0 Å². The van der Waals surface area contributed by atoms with Crippen LogP contribution in [0.5, 0.6) is 5.75 Å². The minimum atomic E-state index is 0.160. The van der Waals surface area contributed by atoms with Crippen molar-refractivity contribution in [1.29, 1.82) is 0 Å². The molecule has 21 heavy (non-hydrogen) atoms. The number of imidazole rings is 1. The van der Waals surface area contributed by atoms with Gasteiger partial charge in [0.1, 0.15) is 5.75 Å². The van der Waals surface area contributed by atoms with Crippen molar-refractivity contribution in [3.8, 4) is 5.75 Å². The maximum absolute atomic E-state index is 5.49. The smallest absolute Gasteiger partial charge is 0.178 e. The van der Waals surface area contributed by atoms with Crippen molar-refractivity contribution >= 4 is 39.2 Å². The lowest BCUT2D eigenvalue weighted by Crippen LogP contribution is -2.06. The zero-order chi connectivity index (χ0) is 15.0. The summed E-state index contributed by atoms with van der Waals surface area (Å²) >= 11 is 8.96. The lowest BCUT2D eigenvalue weighted by molar-refractivity contribution is 0.415. The number of nitrogens with zero attached hydrogens (tertiary/aromatic N) is 1. The first-order valence-electron chi connectivity index (χ1n) is 6.64. The molecular formula is C16H15BrN2OS. The minimum Gasteiger partial charge on any atom is -0.497 e. The van der Waals surface area contributed by atoms with Crippen molar-refractivity contribution in [2.75, 3.05) is 7.11 Å². The Kier molecular flexibility index (Phi) is 3.87. The van der Waals surface area contributed by atoms with Gasteiger partial charge in [-0.05, 0) is 49.0 Å². The monoisotopic (exact) mass is 362 g/mol. The van der Waals surface area contributed by atoms with Gasteiger partial charge in [-0.15, -0.1) is 0 Å². The number of H-pyrrole nitrogens is 1. The minimum absolute atomic E-state index is 0.160. The van der Waals surface area contributed by atoms with Gasteiger partial charge in [0.05, 0.1) is 24.2 Å². The van der Waals surface area contributed by atoms with E-state index in [1.165, 1.54) is 5.56 Å². The second-order valence-electron chi connectivity index (χ2n) is 4.91. The quantitative estimate of drug-likeness (QED) is 0.658. The number of ether oxygens (including phenoxy) is 1. The normalized spacial score (nSPS) is 12.5. The van der Waals surface area contributed by atoms with Crippen molar-refractivity contribution in [1.82, 2.24) is 9.55 Å². The summed E-state index contributed by atoms with van der Waals surface area (Å²) < 4.78 is 9.18. The Hall–Kier alpha value is -1.59. The van der Waals surface area contributed by atoms with Gasteiger partial charge in [-0.2, -0.15) is 0 Å². The van der Waals surface area contributed by atoms with E-state index < -0.39 is 0 Å². The molecule has 0 aliphatic carbocycles. The van der Waals surface area contributed by atoms with Crippen molar-refractivity contribution in [3.63, 3.8) is 0 Å². The predicted molar refractivity (Wildman–Crippen MR) is 91.6 cm³/mol. The third kappa shape index (κ3) is 2.63. The molecule has 108 valence electrons. The number of aromatic amines is 1. The summed E-state index contributed by atoms with van der Waals surface area (Å²) in [7, 11) is 1.66. The van der Waals surface area contributed by atoms with E-state index in [2.05, 4.69) is 44.5 Å². The molecule has 0 spiro atoms. The summed E-state index contributed by atoms with van der Waals surface area (Å²) in [5.74, 6) is 0.821. The van der Waals surface area contributed by atoms with E-state index in [9.17, 15) is 0 Å². The molecule has 5 heteroatoms. The fourth-order valence-corrected chi connectivity index (χ4v) is 3.14. The first-order chi connectivity index (χ1) is 10.1. The van der Waals surface area contributed by atoms with Gasteiger partial charge in [0, 0.05) is 10.5 Å². The summed E-state index contributed by atoms with van der Waals surface area (Å²) in [5.41, 5.74) is 3.28. The summed E-state index contributed by atoms with van der Waals surface area (Å²) in [4.78, 5) is 3.25. The highest BCUT2D eigenvalue weighted by molar-refractivity contribution is 9.10. The van der Waals surface area contributed by atoms with Crippen LogP contribution in [-0.2, 0) is 0 Å². The Labute approximate surface area is 136 Å². The molecule has 2 aromatic carbocycles. The summed E-state index contributed by atoms with van der Waals surface area (Å²) in [6, 6.07) is 14.4. The lowest BCUT2D eigenvalue weighted by Gasteiger charge is -2.15. The highest BCUT2D eigenvalue weighted by atomic mass is 79.9. The second kappa shape index (κ2) is 5.66. The first kappa shape index (κ1) is 14.4. The van der Waals surface area contributed by atoms with Gasteiger partial charge in [-0.25, -0.2) is 0 Å². The summed E-state index contributed by atoms with van der Waals surface area (Å²) in [6.45, 7) is 2.15. The van der Waals surface area contributed by atoms with Crippen LogP contribution in [0.25, 0.3) is 11.0 Å². The molecule has 3 nitrogen and oxygen atoms in total. The Balaban J connectivity index is 2.13. The van der Waals surface area contributed by atoms with Gasteiger partial charge in [-0.3, -0.25) is 0 Å². The fraction of sp³-hybridized carbons (Fsp3) is 0.188. The number of halogens is 1. The molecule has 0 fully saturated rings. The van der Waals surface area contributed by atoms with E-state index in [0.29, 0.717) is 4.77 Å². The summed E-state index contributed by atoms with van der Waals surface area (Å²) in [5, 5.41) is 0. The van der Waals surface area contributed by atoms with E-state index >= 15 is 0 Å². The second-order valence-corrected chi connectivity index (χ2v) is 6.21. The van der Waals surface area contributed by atoms with Crippen LogP contribution in [0.15, 0.2) is 46.9 Å². The van der Waals surface area contributed by atoms with Crippen LogP contribution in [-0.4, -0.2) is 16.7 Å². The number of hydrogen-bond donors (Lipinski definition) is 1. The Bertz CT molecular complexity index is 836. The van der Waals surface area contributed by atoms with Crippen LogP contribution < -0.4 is 4.74 Å². The Morgan fingerprint density at radius 3 is 2.57 bits per heavy atom. The van der Waals surface area contributed by atoms with Crippen LogP contribution in [0.1, 0.15) is 18.5 Å². The Morgan fingerprint density at radius 1 is 1.19 bits per heavy atom. The molecule has 0 amide bonds. The average Bonchev–Trinajstić information content (AvgIpc) is 2.82. The van der Waals surface area contributed by atoms with E-state index in [1.807, 2.05) is 30.3 Å². The number of rotatable bonds is 3. The van der Waals surface area contributed by atoms with E-state index in [-0.39, 0.29) is 6.04 Å². The molecule has 0 aliphatic rings. The molecule has 3 aromatic rings. The van der Waals surface area contributed by atoms with Crippen molar-refractivity contribution in [3.05, 3.63) is 57.3 Å². The number of aromatic nitrogens is 2. The third-order valence-corrected chi connectivity index (χ3v) is 4.49. The molecule has 1 atom stereocenters. The summed E-state index contributed by atoms with van der Waals surface area (Å²) in [6.07, 6.45) is 0. The predicted octanol–water partition coefficient (Wildman–Crippen LogP) is 5.08. The molecule has 1 aromatic heterocycles. The van der Waals surface area contributed by atoms with Crippen LogP contribution in [0.4, 0.5) is 0 Å². The fourth-order valence-electron chi connectivity index (χ4n) is 2.51. The maximum Gasteiger partial charge on any atom is 0.178 e. The molecule has 0 radical (unpaired) electrons. The van der Waals surface area contributed by atoms with Crippen LogP contribution in [0.2, 0.25) is 0 Å². The topological polar surface area (TPSA) is 29.9 Å². The maximum atomic E-state index is 5.49. The molecule has 1 unspecified atom stereocenters. The van der Waals surface area contributed by atoms with Gasteiger partial charge < -0.3 is 14.3 Å². The van der Waals surface area contributed by atoms with Gasteiger partial charge in [0.15, 0.2) is 4.77 Å². The third-order valence-electron chi connectivity index (χ3n) is 3.66. The zero-order valence-corrected chi connectivity index (χ0v) is 14.2. The standard InChI is InChI=1S/C16H15BrN2OS/c1-10(11-3-5-12(17)6-4-11)19-15-8-7-13(20-2)9-14(15)18-16(19)21/h3-10H,1-2H3,(H,18,21). The van der Waals surface area contributed by atoms with E-state index in [1.54, 1.807) is 7.11 Å². The molecule has 1 heterocycles.